The van der Waals surface area contributed by atoms with Crippen molar-refractivity contribution in [1.82, 2.24) is 19.6 Å². The van der Waals surface area contributed by atoms with Gasteiger partial charge in [-0.05, 0) is 55.3 Å². The lowest BCUT2D eigenvalue weighted by atomic mass is 10.1. The van der Waals surface area contributed by atoms with Crippen LogP contribution in [0.5, 0.6) is 5.75 Å². The van der Waals surface area contributed by atoms with Crippen molar-refractivity contribution in [3.63, 3.8) is 0 Å². The van der Waals surface area contributed by atoms with Gasteiger partial charge in [0.15, 0.2) is 6.73 Å². The smallest absolute Gasteiger partial charge is 0.249 e. The normalized spacial score (nSPS) is 12.0. The number of carbonyl (C=O) groups excluding carboxylic acids is 1. The maximum atomic E-state index is 12.4. The highest BCUT2D eigenvalue weighted by atomic mass is 79.9. The second-order valence-electron chi connectivity index (χ2n) is 6.52. The van der Waals surface area contributed by atoms with Gasteiger partial charge in [0.1, 0.15) is 11.8 Å². The highest BCUT2D eigenvalue weighted by molar-refractivity contribution is 9.10. The second kappa shape index (κ2) is 7.96. The Morgan fingerprint density at radius 2 is 2.07 bits per heavy atom. The predicted octanol–water partition coefficient (Wildman–Crippen LogP) is 4.00. The molecule has 0 aliphatic heterocycles. The third-order valence-electron chi connectivity index (χ3n) is 4.22. The second-order valence-corrected chi connectivity index (χ2v) is 7.37. The van der Waals surface area contributed by atoms with Gasteiger partial charge in [-0.2, -0.15) is 10.2 Å². The summed E-state index contributed by atoms with van der Waals surface area (Å²) in [7, 11) is 0. The molecule has 27 heavy (non-hydrogen) atoms. The molecule has 0 radical (unpaired) electrons. The van der Waals surface area contributed by atoms with Gasteiger partial charge in [-0.3, -0.25) is 9.48 Å². The molecule has 1 aromatic carbocycles. The minimum absolute atomic E-state index is 0.167. The molecule has 7 nitrogen and oxygen atoms in total. The molecular formula is C19H22BrN5O2. The van der Waals surface area contributed by atoms with E-state index < -0.39 is 6.04 Å². The van der Waals surface area contributed by atoms with Crippen molar-refractivity contribution in [2.24, 2.45) is 0 Å². The lowest BCUT2D eigenvalue weighted by Crippen LogP contribution is -2.24. The fourth-order valence-electron chi connectivity index (χ4n) is 2.62. The first-order valence-electron chi connectivity index (χ1n) is 8.58. The summed E-state index contributed by atoms with van der Waals surface area (Å²) in [6, 6.07) is 5.59. The van der Waals surface area contributed by atoms with Gasteiger partial charge in [-0.15, -0.1) is 0 Å². The van der Waals surface area contributed by atoms with Gasteiger partial charge < -0.3 is 10.1 Å². The summed E-state index contributed by atoms with van der Waals surface area (Å²) >= 11 is 3.41. The van der Waals surface area contributed by atoms with Gasteiger partial charge in [-0.25, -0.2) is 4.68 Å². The fourth-order valence-corrected chi connectivity index (χ4v) is 2.91. The monoisotopic (exact) mass is 431 g/mol. The largest absolute Gasteiger partial charge is 0.471 e. The van der Waals surface area contributed by atoms with Crippen LogP contribution in [0.15, 0.2) is 41.3 Å². The molecule has 1 amide bonds. The highest BCUT2D eigenvalue weighted by Crippen LogP contribution is 2.20. The first-order valence-corrected chi connectivity index (χ1v) is 9.37. The molecule has 2 aromatic heterocycles. The van der Waals surface area contributed by atoms with Gasteiger partial charge in [-0.1, -0.05) is 17.7 Å². The number of benzene rings is 1. The lowest BCUT2D eigenvalue weighted by molar-refractivity contribution is -0.119. The number of halogens is 1. The number of aromatic nitrogens is 4. The van der Waals surface area contributed by atoms with Crippen LogP contribution in [0.1, 0.15) is 29.8 Å². The fraction of sp³-hybridized carbons (Fsp3) is 0.316. The summed E-state index contributed by atoms with van der Waals surface area (Å²) < 4.78 is 9.93. The number of nitrogens with zero attached hydrogens (tertiary/aromatic N) is 4. The highest BCUT2D eigenvalue weighted by Gasteiger charge is 2.17. The van der Waals surface area contributed by atoms with Crippen LogP contribution in [-0.4, -0.2) is 25.5 Å². The standard InChI is InChI=1S/C19H22BrN5O2/c1-12-5-6-18(13(2)7-12)27-11-24-9-16(8-21-24)22-19(26)15(4)25-10-17(20)14(3)23-25/h5-10,15H,11H2,1-4H3,(H,22,26). The molecule has 3 aromatic rings. The summed E-state index contributed by atoms with van der Waals surface area (Å²) in [5.74, 6) is 0.648. The van der Waals surface area contributed by atoms with Crippen LogP contribution in [0.25, 0.3) is 0 Å². The molecule has 0 saturated carbocycles. The van der Waals surface area contributed by atoms with Crippen LogP contribution in [0, 0.1) is 20.8 Å². The van der Waals surface area contributed by atoms with E-state index >= 15 is 0 Å². The predicted molar refractivity (Wildman–Crippen MR) is 107 cm³/mol. The van der Waals surface area contributed by atoms with Gasteiger partial charge in [0, 0.05) is 6.20 Å². The van der Waals surface area contributed by atoms with Crippen molar-refractivity contribution in [1.29, 1.82) is 0 Å². The Labute approximate surface area is 166 Å². The van der Waals surface area contributed by atoms with Crippen LogP contribution in [-0.2, 0) is 11.5 Å². The Bertz CT molecular complexity index is 943. The van der Waals surface area contributed by atoms with Crippen molar-refractivity contribution in [2.45, 2.75) is 40.5 Å². The van der Waals surface area contributed by atoms with Gasteiger partial charge in [0.05, 0.1) is 28.2 Å². The first kappa shape index (κ1) is 19.2. The Kier molecular flexibility index (Phi) is 5.65. The average Bonchev–Trinajstić information content (AvgIpc) is 3.20. The zero-order valence-corrected chi connectivity index (χ0v) is 17.3. The number of aryl methyl sites for hydroxylation is 3. The molecule has 0 aliphatic rings. The zero-order chi connectivity index (χ0) is 19.6. The van der Waals surface area contributed by atoms with E-state index in [-0.39, 0.29) is 12.6 Å². The third kappa shape index (κ3) is 4.57. The van der Waals surface area contributed by atoms with Crippen molar-refractivity contribution < 1.29 is 9.53 Å². The Morgan fingerprint density at radius 1 is 1.30 bits per heavy atom. The number of nitrogens with one attached hydrogen (secondary N) is 1. The van der Waals surface area contributed by atoms with E-state index in [0.717, 1.165) is 21.5 Å². The van der Waals surface area contributed by atoms with E-state index in [1.807, 2.05) is 32.9 Å². The third-order valence-corrected chi connectivity index (χ3v) is 5.00. The molecule has 1 atom stereocenters. The Balaban J connectivity index is 1.59. The van der Waals surface area contributed by atoms with Crippen LogP contribution < -0.4 is 10.1 Å². The molecule has 8 heteroatoms. The van der Waals surface area contributed by atoms with Crippen molar-refractivity contribution in [3.05, 3.63) is 58.1 Å². The molecule has 1 unspecified atom stereocenters. The maximum absolute atomic E-state index is 12.4. The van der Waals surface area contributed by atoms with E-state index in [0.29, 0.717) is 5.69 Å². The lowest BCUT2D eigenvalue weighted by Gasteiger charge is -2.11. The molecular weight excluding hydrogens is 410 g/mol. The summed E-state index contributed by atoms with van der Waals surface area (Å²) in [5, 5.41) is 11.4. The summed E-state index contributed by atoms with van der Waals surface area (Å²) in [4.78, 5) is 12.4. The van der Waals surface area contributed by atoms with Crippen molar-refractivity contribution in [2.75, 3.05) is 5.32 Å². The minimum atomic E-state index is -0.440. The Hall–Kier alpha value is -2.61. The molecule has 142 valence electrons. The number of amides is 1. The van der Waals surface area contributed by atoms with Crippen molar-refractivity contribution in [3.8, 4) is 5.75 Å². The van der Waals surface area contributed by atoms with E-state index in [2.05, 4.69) is 37.5 Å². The van der Waals surface area contributed by atoms with Gasteiger partial charge in [0.2, 0.25) is 5.91 Å². The van der Waals surface area contributed by atoms with Gasteiger partial charge >= 0.3 is 0 Å². The van der Waals surface area contributed by atoms with Crippen LogP contribution in [0.3, 0.4) is 0 Å². The van der Waals surface area contributed by atoms with Crippen molar-refractivity contribution >= 4 is 27.5 Å². The molecule has 1 N–H and O–H groups in total. The first-order chi connectivity index (χ1) is 12.8. The quantitative estimate of drug-likeness (QED) is 0.639. The number of ether oxygens (including phenoxy) is 1. The summed E-state index contributed by atoms with van der Waals surface area (Å²) in [5.41, 5.74) is 3.72. The molecule has 0 bridgehead atoms. The van der Waals surface area contributed by atoms with Crippen LogP contribution in [0.2, 0.25) is 0 Å². The average molecular weight is 432 g/mol. The van der Waals surface area contributed by atoms with E-state index in [4.69, 9.17) is 4.74 Å². The maximum Gasteiger partial charge on any atom is 0.249 e. The summed E-state index contributed by atoms with van der Waals surface area (Å²) in [6.07, 6.45) is 5.12. The summed E-state index contributed by atoms with van der Waals surface area (Å²) in [6.45, 7) is 7.99. The minimum Gasteiger partial charge on any atom is -0.471 e. The topological polar surface area (TPSA) is 74.0 Å². The molecule has 0 spiro atoms. The number of anilines is 1. The number of hydrogen-bond acceptors (Lipinski definition) is 4. The molecule has 3 rings (SSSR count). The number of hydrogen-bond donors (Lipinski definition) is 1. The van der Waals surface area contributed by atoms with E-state index in [9.17, 15) is 4.79 Å². The molecule has 0 fully saturated rings. The van der Waals surface area contributed by atoms with Crippen LogP contribution >= 0.6 is 15.9 Å². The number of carbonyl (C=O) groups is 1. The SMILES string of the molecule is Cc1ccc(OCn2cc(NC(=O)C(C)n3cc(Br)c(C)n3)cn2)c(C)c1. The van der Waals surface area contributed by atoms with E-state index in [1.165, 1.54) is 5.56 Å². The molecule has 0 aliphatic carbocycles. The Morgan fingerprint density at radius 3 is 2.74 bits per heavy atom. The van der Waals surface area contributed by atoms with Crippen LogP contribution in [0.4, 0.5) is 5.69 Å². The molecule has 0 saturated heterocycles. The molecule has 2 heterocycles. The van der Waals surface area contributed by atoms with Gasteiger partial charge in [0.25, 0.3) is 0 Å². The number of rotatable bonds is 6. The van der Waals surface area contributed by atoms with E-state index in [1.54, 1.807) is 34.9 Å². The zero-order valence-electron chi connectivity index (χ0n) is 15.7.